The molecule has 0 saturated carbocycles. The number of nitrogens with zero attached hydrogens (tertiary/aromatic N) is 1. The number of hydrogen-bond donors (Lipinski definition) is 0. The lowest BCUT2D eigenvalue weighted by atomic mass is 10.2. The van der Waals surface area contributed by atoms with Gasteiger partial charge in [-0.15, -0.1) is 0 Å². The number of halogens is 1. The molecule has 0 radical (unpaired) electrons. The minimum Gasteiger partial charge on any atom is -0.264 e. The van der Waals surface area contributed by atoms with Crippen LogP contribution in [0.4, 0.5) is 4.39 Å². The van der Waals surface area contributed by atoms with Gasteiger partial charge in [0, 0.05) is 12.4 Å². The normalized spacial score (nSPS) is 11.4. The lowest BCUT2D eigenvalue weighted by molar-refractivity contribution is 0.566. The van der Waals surface area contributed by atoms with Crippen molar-refractivity contribution >= 4 is 9.84 Å². The van der Waals surface area contributed by atoms with Gasteiger partial charge in [0.15, 0.2) is 9.84 Å². The van der Waals surface area contributed by atoms with Crippen molar-refractivity contribution < 1.29 is 12.8 Å². The summed E-state index contributed by atoms with van der Waals surface area (Å²) in [6.45, 7) is 1.83. The summed E-state index contributed by atoms with van der Waals surface area (Å²) < 4.78 is 37.6. The Hall–Kier alpha value is -1.75. The first-order chi connectivity index (χ1) is 8.49. The van der Waals surface area contributed by atoms with E-state index in [0.29, 0.717) is 5.56 Å². The van der Waals surface area contributed by atoms with Crippen LogP contribution in [0.15, 0.2) is 47.6 Å². The zero-order chi connectivity index (χ0) is 13.2. The molecular formula is C13H12FNO2S. The van der Waals surface area contributed by atoms with E-state index in [1.165, 1.54) is 24.4 Å². The van der Waals surface area contributed by atoms with Gasteiger partial charge in [-0.2, -0.15) is 0 Å². The molecule has 0 fully saturated rings. The first-order valence-corrected chi connectivity index (χ1v) is 7.02. The standard InChI is InChI=1S/C13H12FNO2S/c1-10-6-11(8-15-7-10)9-18(16,17)13-5-3-2-4-12(13)14/h2-8H,9H2,1H3. The first kappa shape index (κ1) is 12.7. The van der Waals surface area contributed by atoms with Crippen molar-refractivity contribution in [2.24, 2.45) is 0 Å². The third-order valence-electron chi connectivity index (χ3n) is 2.46. The summed E-state index contributed by atoms with van der Waals surface area (Å²) in [6.07, 6.45) is 3.12. The molecule has 1 aromatic carbocycles. The maximum atomic E-state index is 13.5. The Kier molecular flexibility index (Phi) is 3.43. The van der Waals surface area contributed by atoms with E-state index in [0.717, 1.165) is 11.6 Å². The molecule has 0 N–H and O–H groups in total. The molecule has 3 nitrogen and oxygen atoms in total. The van der Waals surface area contributed by atoms with Gasteiger partial charge in [0.25, 0.3) is 0 Å². The van der Waals surface area contributed by atoms with Gasteiger partial charge < -0.3 is 0 Å². The van der Waals surface area contributed by atoms with Gasteiger partial charge in [0.2, 0.25) is 0 Å². The van der Waals surface area contributed by atoms with Crippen LogP contribution in [-0.4, -0.2) is 13.4 Å². The minimum atomic E-state index is -3.68. The predicted octanol–water partition coefficient (Wildman–Crippen LogP) is 2.50. The van der Waals surface area contributed by atoms with Crippen molar-refractivity contribution in [3.05, 3.63) is 59.7 Å². The number of rotatable bonds is 3. The van der Waals surface area contributed by atoms with Gasteiger partial charge in [-0.25, -0.2) is 12.8 Å². The van der Waals surface area contributed by atoms with Gasteiger partial charge in [0.05, 0.1) is 5.75 Å². The molecular weight excluding hydrogens is 253 g/mol. The molecule has 0 aliphatic carbocycles. The highest BCUT2D eigenvalue weighted by molar-refractivity contribution is 7.90. The highest BCUT2D eigenvalue weighted by Gasteiger charge is 2.19. The third kappa shape index (κ3) is 2.73. The summed E-state index contributed by atoms with van der Waals surface area (Å²) >= 11 is 0. The van der Waals surface area contributed by atoms with Crippen LogP contribution in [0.25, 0.3) is 0 Å². The second-order valence-corrected chi connectivity index (χ2v) is 6.02. The molecule has 18 heavy (non-hydrogen) atoms. The second kappa shape index (κ2) is 4.86. The molecule has 0 aliphatic heterocycles. The summed E-state index contributed by atoms with van der Waals surface area (Å²) in [6, 6.07) is 7.10. The van der Waals surface area contributed by atoms with Crippen molar-refractivity contribution in [2.45, 2.75) is 17.6 Å². The number of pyridine rings is 1. The van der Waals surface area contributed by atoms with Gasteiger partial charge in [-0.1, -0.05) is 18.2 Å². The lowest BCUT2D eigenvalue weighted by Crippen LogP contribution is -2.07. The highest BCUT2D eigenvalue weighted by atomic mass is 32.2. The van der Waals surface area contributed by atoms with Crippen molar-refractivity contribution in [3.63, 3.8) is 0 Å². The van der Waals surface area contributed by atoms with Gasteiger partial charge in [-0.3, -0.25) is 4.98 Å². The van der Waals surface area contributed by atoms with Crippen LogP contribution in [0.3, 0.4) is 0 Å². The number of aromatic nitrogens is 1. The Morgan fingerprint density at radius 2 is 1.94 bits per heavy atom. The summed E-state index contributed by atoms with van der Waals surface area (Å²) in [4.78, 5) is 3.65. The Bertz CT molecular complexity index is 668. The molecule has 0 aliphatic rings. The molecule has 0 unspecified atom stereocenters. The summed E-state index contributed by atoms with van der Waals surface area (Å²) in [5, 5.41) is 0. The largest absolute Gasteiger partial charge is 0.264 e. The lowest BCUT2D eigenvalue weighted by Gasteiger charge is -2.05. The molecule has 1 heterocycles. The van der Waals surface area contributed by atoms with E-state index in [2.05, 4.69) is 4.98 Å². The van der Waals surface area contributed by atoms with E-state index in [1.807, 2.05) is 6.92 Å². The Balaban J connectivity index is 2.37. The third-order valence-corrected chi connectivity index (χ3v) is 4.17. The topological polar surface area (TPSA) is 47.0 Å². The van der Waals surface area contributed by atoms with E-state index >= 15 is 0 Å². The van der Waals surface area contributed by atoms with Gasteiger partial charge in [-0.05, 0) is 30.2 Å². The first-order valence-electron chi connectivity index (χ1n) is 5.37. The van der Waals surface area contributed by atoms with Crippen LogP contribution < -0.4 is 0 Å². The fraction of sp³-hybridized carbons (Fsp3) is 0.154. The van der Waals surface area contributed by atoms with E-state index < -0.39 is 15.7 Å². The molecule has 2 aromatic rings. The Labute approximate surface area is 105 Å². The van der Waals surface area contributed by atoms with Crippen LogP contribution in [0.5, 0.6) is 0 Å². The van der Waals surface area contributed by atoms with Crippen LogP contribution in [0, 0.1) is 12.7 Å². The second-order valence-electron chi connectivity index (χ2n) is 4.06. The van der Waals surface area contributed by atoms with Crippen LogP contribution in [0.2, 0.25) is 0 Å². The SMILES string of the molecule is Cc1cncc(CS(=O)(=O)c2ccccc2F)c1. The molecule has 0 amide bonds. The number of hydrogen-bond acceptors (Lipinski definition) is 3. The average Bonchev–Trinajstić information content (AvgIpc) is 2.28. The molecule has 0 atom stereocenters. The van der Waals surface area contributed by atoms with Crippen molar-refractivity contribution in [1.29, 1.82) is 0 Å². The monoisotopic (exact) mass is 265 g/mol. The van der Waals surface area contributed by atoms with Crippen molar-refractivity contribution in [2.75, 3.05) is 0 Å². The maximum Gasteiger partial charge on any atom is 0.185 e. The average molecular weight is 265 g/mol. The summed E-state index contributed by atoms with van der Waals surface area (Å²) in [5.74, 6) is -0.971. The smallest absolute Gasteiger partial charge is 0.185 e. The van der Waals surface area contributed by atoms with Crippen molar-refractivity contribution in [3.8, 4) is 0 Å². The number of aryl methyl sites for hydroxylation is 1. The molecule has 1 aromatic heterocycles. The fourth-order valence-electron chi connectivity index (χ4n) is 1.69. The van der Waals surface area contributed by atoms with Gasteiger partial charge in [0.1, 0.15) is 10.7 Å². The number of benzene rings is 1. The molecule has 0 spiro atoms. The van der Waals surface area contributed by atoms with E-state index in [1.54, 1.807) is 12.3 Å². The molecule has 94 valence electrons. The minimum absolute atomic E-state index is 0.247. The maximum absolute atomic E-state index is 13.5. The van der Waals surface area contributed by atoms with E-state index in [9.17, 15) is 12.8 Å². The number of sulfone groups is 1. The molecule has 0 bridgehead atoms. The van der Waals surface area contributed by atoms with Crippen LogP contribution in [-0.2, 0) is 15.6 Å². The molecule has 5 heteroatoms. The van der Waals surface area contributed by atoms with E-state index in [-0.39, 0.29) is 10.6 Å². The Morgan fingerprint density at radius 3 is 2.61 bits per heavy atom. The molecule has 0 saturated heterocycles. The van der Waals surface area contributed by atoms with Crippen molar-refractivity contribution in [1.82, 2.24) is 4.98 Å². The zero-order valence-corrected chi connectivity index (χ0v) is 10.6. The van der Waals surface area contributed by atoms with Gasteiger partial charge >= 0.3 is 0 Å². The molecule has 2 rings (SSSR count). The van der Waals surface area contributed by atoms with Crippen LogP contribution >= 0.6 is 0 Å². The summed E-state index contributed by atoms with van der Waals surface area (Å²) in [7, 11) is -3.68. The predicted molar refractivity (Wildman–Crippen MR) is 66.3 cm³/mol. The summed E-state index contributed by atoms with van der Waals surface area (Å²) in [5.41, 5.74) is 1.43. The zero-order valence-electron chi connectivity index (χ0n) is 9.80. The Morgan fingerprint density at radius 1 is 1.22 bits per heavy atom. The van der Waals surface area contributed by atoms with E-state index in [4.69, 9.17) is 0 Å². The highest BCUT2D eigenvalue weighted by Crippen LogP contribution is 2.19. The quantitative estimate of drug-likeness (QED) is 0.856. The fourth-order valence-corrected chi connectivity index (χ4v) is 3.09. The van der Waals surface area contributed by atoms with Crippen LogP contribution in [0.1, 0.15) is 11.1 Å².